The van der Waals surface area contributed by atoms with Crippen LogP contribution in [0.4, 0.5) is 34.1 Å². The average Bonchev–Trinajstić information content (AvgIpc) is 3.41. The van der Waals surface area contributed by atoms with Crippen LogP contribution in [0.3, 0.4) is 0 Å². The van der Waals surface area contributed by atoms with E-state index in [2.05, 4.69) is 206 Å². The van der Waals surface area contributed by atoms with Crippen LogP contribution in [0, 0.1) is 36.5 Å². The molecule has 0 saturated carbocycles. The second-order valence-corrected chi connectivity index (χ2v) is 19.0. The van der Waals surface area contributed by atoms with Gasteiger partial charge >= 0.3 is 0 Å². The quantitative estimate of drug-likeness (QED) is 0.101. The number of benzene rings is 9. The highest BCUT2D eigenvalue weighted by Gasteiger charge is 2.22. The number of anilines is 6. The zero-order chi connectivity index (χ0) is 47.6. The Kier molecular flexibility index (Phi) is 12.1. The van der Waals surface area contributed by atoms with Gasteiger partial charge in [-0.15, -0.1) is 0 Å². The second-order valence-electron chi connectivity index (χ2n) is 19.0. The minimum absolute atomic E-state index is 0.410. The monoisotopic (exact) mass is 902 g/mol. The van der Waals surface area contributed by atoms with E-state index < -0.39 is 0 Å². The van der Waals surface area contributed by atoms with Gasteiger partial charge in [0.25, 0.3) is 0 Å². The van der Waals surface area contributed by atoms with Gasteiger partial charge < -0.3 is 9.80 Å². The van der Waals surface area contributed by atoms with Crippen molar-refractivity contribution in [3.63, 3.8) is 0 Å². The summed E-state index contributed by atoms with van der Waals surface area (Å²) in [5.74, 6) is 0. The molecule has 0 spiro atoms. The van der Waals surface area contributed by atoms with Crippen molar-refractivity contribution in [1.29, 1.82) is 10.5 Å². The van der Waals surface area contributed by atoms with Crippen molar-refractivity contribution >= 4 is 80.0 Å². The summed E-state index contributed by atoms with van der Waals surface area (Å²) >= 11 is 0. The van der Waals surface area contributed by atoms with Crippen LogP contribution in [0.2, 0.25) is 0 Å². The van der Waals surface area contributed by atoms with Crippen molar-refractivity contribution in [3.05, 3.63) is 237 Å². The third kappa shape index (κ3) is 8.66. The average molecular weight is 903 g/mol. The second kappa shape index (κ2) is 19.3. The lowest BCUT2D eigenvalue weighted by Gasteiger charge is -2.30. The van der Waals surface area contributed by atoms with Crippen LogP contribution >= 0.6 is 0 Å². The number of hydrogen-bond acceptors (Lipinski definition) is 4. The molecule has 0 fully saturated rings. The van der Waals surface area contributed by atoms with Crippen molar-refractivity contribution in [2.24, 2.45) is 0 Å². The van der Waals surface area contributed by atoms with E-state index in [4.69, 9.17) is 0 Å². The Labute approximate surface area is 412 Å². The molecule has 0 heterocycles. The molecule has 0 atom stereocenters. The number of aryl methyl sites for hydroxylation is 4. The van der Waals surface area contributed by atoms with E-state index in [1.807, 2.05) is 24.3 Å². The van der Waals surface area contributed by atoms with Gasteiger partial charge in [0.05, 0.1) is 11.1 Å². The lowest BCUT2D eigenvalue weighted by molar-refractivity contribution is 0.686. The zero-order valence-corrected chi connectivity index (χ0v) is 39.9. The van der Waals surface area contributed by atoms with E-state index in [0.717, 1.165) is 92.2 Å². The van der Waals surface area contributed by atoms with Gasteiger partial charge in [0, 0.05) is 44.9 Å². The standard InChI is InChI=1S/C66H54N4/c1-45-17-31-53(32-18-45)69(65-15-7-11-51-9-3-5-13-57(51)65)55-35-25-47(26-36-55)21-23-49-29-39-59-61(41-49)62-42-50(30-40-60(62)64(44-68)63(59)43-67)24-22-48-27-37-56(38-28-48)70(54-33-19-46(2)20-34-54)66-16-8-12-52-10-4-6-14-58(52)66/h7-8,11-12,15-42H,3-6,9-10,13-14H2,1-2H3/b23-21-,24-22+. The Morgan fingerprint density at radius 2 is 0.714 bits per heavy atom. The third-order valence-corrected chi connectivity index (χ3v) is 14.4. The normalized spacial score (nSPS) is 13.3. The molecule has 0 aromatic heterocycles. The molecule has 70 heavy (non-hydrogen) atoms. The topological polar surface area (TPSA) is 54.1 Å². The molecule has 0 bridgehead atoms. The Balaban J connectivity index is 0.892. The number of rotatable bonds is 10. The van der Waals surface area contributed by atoms with E-state index in [1.54, 1.807) is 0 Å². The fraction of sp³-hybridized carbons (Fsp3) is 0.152. The van der Waals surface area contributed by atoms with Gasteiger partial charge in [-0.3, -0.25) is 0 Å². The van der Waals surface area contributed by atoms with Crippen LogP contribution in [0.25, 0.3) is 45.8 Å². The molecule has 0 radical (unpaired) electrons. The lowest BCUT2D eigenvalue weighted by atomic mass is 9.89. The predicted molar refractivity (Wildman–Crippen MR) is 294 cm³/mol. The van der Waals surface area contributed by atoms with Gasteiger partial charge in [-0.2, -0.15) is 10.5 Å². The van der Waals surface area contributed by atoms with Crippen molar-refractivity contribution in [2.75, 3.05) is 9.80 Å². The van der Waals surface area contributed by atoms with E-state index in [0.29, 0.717) is 11.1 Å². The SMILES string of the molecule is Cc1ccc(N(c2ccc(/C=C\c3ccc4c(C#N)c(C#N)c5ccc(/C=C/c6ccc(N(c7ccc(C)cc7)c7cccc8c7CCCC8)cc6)cc5c4c3)cc2)c2cccc3c2CCCC3)cc1. The van der Waals surface area contributed by atoms with Gasteiger partial charge in [-0.1, -0.05) is 132 Å². The number of hydrogen-bond donors (Lipinski definition) is 0. The van der Waals surface area contributed by atoms with Crippen molar-refractivity contribution < 1.29 is 0 Å². The van der Waals surface area contributed by atoms with Crippen molar-refractivity contribution in [1.82, 2.24) is 0 Å². The minimum Gasteiger partial charge on any atom is -0.310 e. The van der Waals surface area contributed by atoms with E-state index >= 15 is 0 Å². The number of fused-ring (bicyclic) bond motifs is 5. The van der Waals surface area contributed by atoms with Crippen LogP contribution in [-0.2, 0) is 25.7 Å². The smallest absolute Gasteiger partial charge is 0.101 e. The first-order valence-corrected chi connectivity index (χ1v) is 24.8. The van der Waals surface area contributed by atoms with E-state index in [-0.39, 0.29) is 0 Å². The Hall–Kier alpha value is -8.44. The van der Waals surface area contributed by atoms with Crippen molar-refractivity contribution in [2.45, 2.75) is 65.2 Å². The fourth-order valence-electron chi connectivity index (χ4n) is 10.8. The molecule has 0 aliphatic heterocycles. The van der Waals surface area contributed by atoms with Crippen LogP contribution in [0.5, 0.6) is 0 Å². The van der Waals surface area contributed by atoms with Gasteiger partial charge in [0.15, 0.2) is 0 Å². The highest BCUT2D eigenvalue weighted by molar-refractivity contribution is 6.14. The zero-order valence-electron chi connectivity index (χ0n) is 39.9. The summed E-state index contributed by atoms with van der Waals surface area (Å²) in [6.45, 7) is 4.27. The molecular formula is C66H54N4. The molecule has 2 aliphatic carbocycles. The molecule has 4 nitrogen and oxygen atoms in total. The van der Waals surface area contributed by atoms with E-state index in [9.17, 15) is 10.5 Å². The summed E-state index contributed by atoms with van der Waals surface area (Å²) in [5, 5.41) is 24.2. The third-order valence-electron chi connectivity index (χ3n) is 14.4. The number of nitriles is 2. The maximum atomic E-state index is 10.4. The molecule has 0 unspecified atom stereocenters. The van der Waals surface area contributed by atoms with Gasteiger partial charge in [0.1, 0.15) is 12.1 Å². The molecule has 0 amide bonds. The largest absolute Gasteiger partial charge is 0.310 e. The summed E-state index contributed by atoms with van der Waals surface area (Å²) in [4.78, 5) is 4.82. The molecule has 338 valence electrons. The summed E-state index contributed by atoms with van der Waals surface area (Å²) in [6, 6.07) is 65.9. The first-order valence-electron chi connectivity index (χ1n) is 24.8. The van der Waals surface area contributed by atoms with E-state index in [1.165, 1.54) is 70.4 Å². The lowest BCUT2D eigenvalue weighted by Crippen LogP contribution is -2.15. The van der Waals surface area contributed by atoms with Crippen molar-refractivity contribution in [3.8, 4) is 12.1 Å². The van der Waals surface area contributed by atoms with Crippen LogP contribution < -0.4 is 9.80 Å². The molecule has 9 aromatic carbocycles. The summed E-state index contributed by atoms with van der Waals surface area (Å²) in [5.41, 5.74) is 20.4. The first-order chi connectivity index (χ1) is 34.4. The maximum absolute atomic E-state index is 10.4. The number of nitrogens with zero attached hydrogens (tertiary/aromatic N) is 4. The van der Waals surface area contributed by atoms with Gasteiger partial charge in [0.2, 0.25) is 0 Å². The van der Waals surface area contributed by atoms with Gasteiger partial charge in [-0.05, 0) is 193 Å². The van der Waals surface area contributed by atoms with Crippen LogP contribution in [-0.4, -0.2) is 0 Å². The minimum atomic E-state index is 0.410. The summed E-state index contributed by atoms with van der Waals surface area (Å²) in [6.07, 6.45) is 18.0. The summed E-state index contributed by atoms with van der Waals surface area (Å²) in [7, 11) is 0. The molecule has 9 aromatic rings. The summed E-state index contributed by atoms with van der Waals surface area (Å²) < 4.78 is 0. The maximum Gasteiger partial charge on any atom is 0.101 e. The fourth-order valence-corrected chi connectivity index (χ4v) is 10.8. The molecule has 0 saturated heterocycles. The Morgan fingerprint density at radius 1 is 0.371 bits per heavy atom. The molecule has 4 heteroatoms. The highest BCUT2D eigenvalue weighted by Crippen LogP contribution is 2.42. The Morgan fingerprint density at radius 3 is 1.10 bits per heavy atom. The molecular weight excluding hydrogens is 849 g/mol. The molecule has 11 rings (SSSR count). The molecule has 2 aliphatic rings. The molecule has 0 N–H and O–H groups in total. The Bertz CT molecular complexity index is 3330. The first kappa shape index (κ1) is 44.1. The van der Waals surface area contributed by atoms with Crippen LogP contribution in [0.15, 0.2) is 170 Å². The predicted octanol–water partition coefficient (Wildman–Crippen LogP) is 17.4. The van der Waals surface area contributed by atoms with Crippen LogP contribution in [0.1, 0.15) is 92.4 Å². The highest BCUT2D eigenvalue weighted by atomic mass is 15.1. The van der Waals surface area contributed by atoms with Gasteiger partial charge in [-0.25, -0.2) is 0 Å².